The summed E-state index contributed by atoms with van der Waals surface area (Å²) in [5, 5.41) is 3.04. The van der Waals surface area contributed by atoms with E-state index in [9.17, 15) is 4.79 Å². The number of hydrogen-bond donors (Lipinski definition) is 1. The molecule has 2 aliphatic heterocycles. The average Bonchev–Trinajstić information content (AvgIpc) is 3.11. The Morgan fingerprint density at radius 1 is 1.15 bits per heavy atom. The summed E-state index contributed by atoms with van der Waals surface area (Å²) in [6.07, 6.45) is 4.54. The van der Waals surface area contributed by atoms with Gasteiger partial charge in [0.05, 0.1) is 25.9 Å². The van der Waals surface area contributed by atoms with Crippen molar-refractivity contribution in [1.82, 2.24) is 10.2 Å². The first kappa shape index (κ1) is 14.1. The molecule has 0 bridgehead atoms. The molecule has 6 heteroatoms. The second-order valence-electron chi connectivity index (χ2n) is 5.96. The van der Waals surface area contributed by atoms with Crippen molar-refractivity contribution in [3.8, 4) is 0 Å². The fourth-order valence-electron chi connectivity index (χ4n) is 3.31. The van der Waals surface area contributed by atoms with Crippen LogP contribution in [0, 0.1) is 0 Å². The quantitative estimate of drug-likeness (QED) is 0.825. The molecule has 1 saturated carbocycles. The molecule has 1 N–H and O–H groups in total. The van der Waals surface area contributed by atoms with E-state index in [0.29, 0.717) is 19.8 Å². The predicted octanol–water partition coefficient (Wildman–Crippen LogP) is 1.10. The molecule has 2 heterocycles. The van der Waals surface area contributed by atoms with E-state index in [1.807, 2.05) is 11.9 Å². The third kappa shape index (κ3) is 2.92. The van der Waals surface area contributed by atoms with Crippen molar-refractivity contribution in [2.75, 3.05) is 33.5 Å². The van der Waals surface area contributed by atoms with Gasteiger partial charge in [-0.25, -0.2) is 4.79 Å². The topological polar surface area (TPSA) is 60.0 Å². The molecule has 0 aromatic carbocycles. The van der Waals surface area contributed by atoms with Crippen molar-refractivity contribution in [2.24, 2.45) is 0 Å². The number of nitrogens with zero attached hydrogens (tertiary/aromatic N) is 1. The first-order valence-electron chi connectivity index (χ1n) is 7.57. The second kappa shape index (κ2) is 5.87. The van der Waals surface area contributed by atoms with Crippen LogP contribution in [0.15, 0.2) is 0 Å². The highest BCUT2D eigenvalue weighted by Crippen LogP contribution is 2.37. The molecule has 20 heavy (non-hydrogen) atoms. The normalized spacial score (nSPS) is 29.8. The lowest BCUT2D eigenvalue weighted by molar-refractivity contribution is -0.182. The molecule has 1 atom stereocenters. The monoisotopic (exact) mass is 284 g/mol. The Balaban J connectivity index is 1.47. The van der Waals surface area contributed by atoms with Crippen LogP contribution in [0.1, 0.15) is 32.1 Å². The van der Waals surface area contributed by atoms with E-state index in [2.05, 4.69) is 5.32 Å². The number of ether oxygens (including phenoxy) is 3. The van der Waals surface area contributed by atoms with Crippen LogP contribution in [0.2, 0.25) is 0 Å². The minimum atomic E-state index is -0.354. The van der Waals surface area contributed by atoms with Gasteiger partial charge in [-0.3, -0.25) is 0 Å². The van der Waals surface area contributed by atoms with Crippen LogP contribution in [0.4, 0.5) is 4.79 Å². The summed E-state index contributed by atoms with van der Waals surface area (Å²) in [5.74, 6) is -0.354. The van der Waals surface area contributed by atoms with Gasteiger partial charge in [-0.15, -0.1) is 0 Å². The molecule has 114 valence electrons. The Hall–Kier alpha value is -0.850. The Bertz CT molecular complexity index is 341. The van der Waals surface area contributed by atoms with Gasteiger partial charge < -0.3 is 24.4 Å². The van der Waals surface area contributed by atoms with E-state index >= 15 is 0 Å². The van der Waals surface area contributed by atoms with Crippen molar-refractivity contribution in [3.05, 3.63) is 0 Å². The zero-order chi connectivity index (χ0) is 14.0. The Morgan fingerprint density at radius 3 is 2.45 bits per heavy atom. The zero-order valence-corrected chi connectivity index (χ0v) is 12.1. The van der Waals surface area contributed by atoms with Gasteiger partial charge in [0.25, 0.3) is 0 Å². The Labute approximate surface area is 119 Å². The number of carbonyl (C=O) groups excluding carboxylic acids is 1. The molecule has 1 aliphatic carbocycles. The summed E-state index contributed by atoms with van der Waals surface area (Å²) in [6.45, 7) is 2.77. The van der Waals surface area contributed by atoms with Gasteiger partial charge in [-0.05, 0) is 19.3 Å². The largest absolute Gasteiger partial charge is 0.379 e. The Morgan fingerprint density at radius 2 is 1.85 bits per heavy atom. The SMILES string of the molecule is CN(C(=O)NC1CCOC1)C1CCC2(CC1)OCCO2. The van der Waals surface area contributed by atoms with E-state index in [0.717, 1.165) is 38.7 Å². The van der Waals surface area contributed by atoms with Gasteiger partial charge in [-0.2, -0.15) is 0 Å². The zero-order valence-electron chi connectivity index (χ0n) is 12.1. The van der Waals surface area contributed by atoms with Crippen molar-refractivity contribution >= 4 is 6.03 Å². The van der Waals surface area contributed by atoms with E-state index in [1.54, 1.807) is 0 Å². The number of nitrogens with one attached hydrogen (secondary N) is 1. The molecule has 2 amide bonds. The highest BCUT2D eigenvalue weighted by atomic mass is 16.7. The van der Waals surface area contributed by atoms with Crippen LogP contribution in [-0.4, -0.2) is 62.3 Å². The molecule has 1 spiro atoms. The van der Waals surface area contributed by atoms with Gasteiger partial charge in [0.2, 0.25) is 0 Å². The standard InChI is InChI=1S/C14H24N2O4/c1-16(13(17)15-11-4-7-18-10-11)12-2-5-14(6-3-12)19-8-9-20-14/h11-12H,2-10H2,1H3,(H,15,17). The summed E-state index contributed by atoms with van der Waals surface area (Å²) >= 11 is 0. The second-order valence-corrected chi connectivity index (χ2v) is 5.96. The predicted molar refractivity (Wildman–Crippen MR) is 72.4 cm³/mol. The van der Waals surface area contributed by atoms with Crippen LogP contribution in [0.3, 0.4) is 0 Å². The molecule has 1 unspecified atom stereocenters. The molecular formula is C14H24N2O4. The average molecular weight is 284 g/mol. The smallest absolute Gasteiger partial charge is 0.317 e. The van der Waals surface area contributed by atoms with Crippen molar-refractivity contribution in [3.63, 3.8) is 0 Å². The summed E-state index contributed by atoms with van der Waals surface area (Å²) in [5.41, 5.74) is 0. The number of urea groups is 1. The highest BCUT2D eigenvalue weighted by Gasteiger charge is 2.41. The molecule has 6 nitrogen and oxygen atoms in total. The number of carbonyl (C=O) groups is 1. The summed E-state index contributed by atoms with van der Waals surface area (Å²) in [4.78, 5) is 14.0. The van der Waals surface area contributed by atoms with Gasteiger partial charge in [-0.1, -0.05) is 0 Å². The molecule has 2 saturated heterocycles. The van der Waals surface area contributed by atoms with Crippen molar-refractivity contribution in [2.45, 2.75) is 50.0 Å². The minimum absolute atomic E-state index is 0.00899. The molecular weight excluding hydrogens is 260 g/mol. The van der Waals surface area contributed by atoms with Gasteiger partial charge >= 0.3 is 6.03 Å². The molecule has 0 aromatic heterocycles. The third-order valence-electron chi connectivity index (χ3n) is 4.66. The maximum absolute atomic E-state index is 12.2. The summed E-state index contributed by atoms with van der Waals surface area (Å²) < 4.78 is 16.7. The van der Waals surface area contributed by atoms with Crippen LogP contribution in [-0.2, 0) is 14.2 Å². The maximum Gasteiger partial charge on any atom is 0.317 e. The molecule has 3 rings (SSSR count). The molecule has 3 aliphatic rings. The van der Waals surface area contributed by atoms with E-state index < -0.39 is 0 Å². The van der Waals surface area contributed by atoms with Crippen molar-refractivity contribution < 1.29 is 19.0 Å². The summed E-state index contributed by atoms with van der Waals surface area (Å²) in [7, 11) is 1.88. The lowest BCUT2D eigenvalue weighted by Crippen LogP contribution is -2.50. The maximum atomic E-state index is 12.2. The number of hydrogen-bond acceptors (Lipinski definition) is 4. The first-order valence-corrected chi connectivity index (χ1v) is 7.57. The molecule has 0 radical (unpaired) electrons. The highest BCUT2D eigenvalue weighted by molar-refractivity contribution is 5.74. The van der Waals surface area contributed by atoms with Crippen molar-refractivity contribution in [1.29, 1.82) is 0 Å². The fraction of sp³-hybridized carbons (Fsp3) is 0.929. The van der Waals surface area contributed by atoms with Crippen LogP contribution < -0.4 is 5.32 Å². The van der Waals surface area contributed by atoms with E-state index in [1.165, 1.54) is 0 Å². The minimum Gasteiger partial charge on any atom is -0.379 e. The molecule has 3 fully saturated rings. The van der Waals surface area contributed by atoms with Gasteiger partial charge in [0.1, 0.15) is 0 Å². The van der Waals surface area contributed by atoms with Crippen LogP contribution in [0.5, 0.6) is 0 Å². The van der Waals surface area contributed by atoms with E-state index in [-0.39, 0.29) is 23.9 Å². The van der Waals surface area contributed by atoms with Gasteiger partial charge in [0, 0.05) is 32.5 Å². The molecule has 0 aromatic rings. The third-order valence-corrected chi connectivity index (χ3v) is 4.66. The first-order chi connectivity index (χ1) is 9.69. The van der Waals surface area contributed by atoms with Crippen LogP contribution in [0.25, 0.3) is 0 Å². The van der Waals surface area contributed by atoms with Crippen LogP contribution >= 0.6 is 0 Å². The number of amides is 2. The Kier molecular flexibility index (Phi) is 4.14. The van der Waals surface area contributed by atoms with E-state index in [4.69, 9.17) is 14.2 Å². The fourth-order valence-corrected chi connectivity index (χ4v) is 3.31. The lowest BCUT2D eigenvalue weighted by atomic mass is 9.89. The number of rotatable bonds is 2. The lowest BCUT2D eigenvalue weighted by Gasteiger charge is -2.39. The van der Waals surface area contributed by atoms with Gasteiger partial charge in [0.15, 0.2) is 5.79 Å². The summed E-state index contributed by atoms with van der Waals surface area (Å²) in [6, 6.07) is 0.451.